The summed E-state index contributed by atoms with van der Waals surface area (Å²) in [5, 5.41) is 7.69. The number of ether oxygens (including phenoxy) is 1. The lowest BCUT2D eigenvalue weighted by Crippen LogP contribution is -2.29. The summed E-state index contributed by atoms with van der Waals surface area (Å²) < 4.78 is 19.4. The Bertz CT molecular complexity index is 570. The molecule has 0 spiro atoms. The number of benzene rings is 1. The van der Waals surface area contributed by atoms with Crippen molar-refractivity contribution in [1.82, 2.24) is 5.32 Å². The van der Waals surface area contributed by atoms with E-state index in [9.17, 15) is 4.39 Å². The average Bonchev–Trinajstić information content (AvgIpc) is 2.98. The SMILES string of the molecule is CCCNC1CC(c2ccsc2)Oc2cc(F)ccc21. The number of thiophene rings is 1. The lowest BCUT2D eigenvalue weighted by atomic mass is 9.94. The smallest absolute Gasteiger partial charge is 0.127 e. The Morgan fingerprint density at radius 2 is 2.30 bits per heavy atom. The Morgan fingerprint density at radius 3 is 3.05 bits per heavy atom. The van der Waals surface area contributed by atoms with Crippen LogP contribution in [-0.2, 0) is 0 Å². The third kappa shape index (κ3) is 2.72. The van der Waals surface area contributed by atoms with Crippen LogP contribution in [0, 0.1) is 5.82 Å². The van der Waals surface area contributed by atoms with Crippen molar-refractivity contribution in [2.45, 2.75) is 31.9 Å². The fourth-order valence-corrected chi connectivity index (χ4v) is 3.32. The minimum absolute atomic E-state index is 0.00454. The molecule has 0 radical (unpaired) electrons. The zero-order chi connectivity index (χ0) is 13.9. The molecule has 0 fully saturated rings. The van der Waals surface area contributed by atoms with Crippen molar-refractivity contribution >= 4 is 11.3 Å². The highest BCUT2D eigenvalue weighted by Crippen LogP contribution is 2.41. The van der Waals surface area contributed by atoms with Gasteiger partial charge in [0.2, 0.25) is 0 Å². The molecule has 106 valence electrons. The van der Waals surface area contributed by atoms with Gasteiger partial charge in [-0.15, -0.1) is 0 Å². The second kappa shape index (κ2) is 5.94. The van der Waals surface area contributed by atoms with Gasteiger partial charge in [0.1, 0.15) is 17.7 Å². The molecule has 0 saturated carbocycles. The molecule has 2 unspecified atom stereocenters. The summed E-state index contributed by atoms with van der Waals surface area (Å²) in [5.74, 6) is 0.421. The molecule has 3 rings (SSSR count). The maximum atomic E-state index is 13.4. The molecule has 0 aliphatic carbocycles. The van der Waals surface area contributed by atoms with Crippen molar-refractivity contribution in [2.75, 3.05) is 6.54 Å². The highest BCUT2D eigenvalue weighted by molar-refractivity contribution is 7.07. The molecule has 0 amide bonds. The number of rotatable bonds is 4. The van der Waals surface area contributed by atoms with Crippen LogP contribution in [0.1, 0.15) is 43.0 Å². The van der Waals surface area contributed by atoms with Crippen LogP contribution in [0.5, 0.6) is 5.75 Å². The quantitative estimate of drug-likeness (QED) is 0.898. The van der Waals surface area contributed by atoms with Gasteiger partial charge in [0.15, 0.2) is 0 Å². The Labute approximate surface area is 122 Å². The first-order chi connectivity index (χ1) is 9.78. The normalized spacial score (nSPS) is 21.3. The van der Waals surface area contributed by atoms with Gasteiger partial charge in [0.25, 0.3) is 0 Å². The minimum Gasteiger partial charge on any atom is -0.485 e. The van der Waals surface area contributed by atoms with Gasteiger partial charge >= 0.3 is 0 Å². The third-order valence-corrected chi connectivity index (χ3v) is 4.33. The fraction of sp³-hybridized carbons (Fsp3) is 0.375. The van der Waals surface area contributed by atoms with Gasteiger partial charge in [0.05, 0.1) is 0 Å². The maximum Gasteiger partial charge on any atom is 0.127 e. The molecule has 4 heteroatoms. The van der Waals surface area contributed by atoms with Crippen LogP contribution < -0.4 is 10.1 Å². The standard InChI is InChI=1S/C16H18FNOS/c1-2-6-18-14-9-15(11-5-7-20-10-11)19-16-8-12(17)3-4-13(14)16/h3-5,7-8,10,14-15,18H,2,6,9H2,1H3. The summed E-state index contributed by atoms with van der Waals surface area (Å²) in [6.07, 6.45) is 1.97. The molecule has 1 aromatic carbocycles. The summed E-state index contributed by atoms with van der Waals surface area (Å²) in [5.41, 5.74) is 2.24. The van der Waals surface area contributed by atoms with Crippen LogP contribution in [0.3, 0.4) is 0 Å². The summed E-state index contributed by atoms with van der Waals surface area (Å²) in [6.45, 7) is 3.10. The number of fused-ring (bicyclic) bond motifs is 1. The second-order valence-electron chi connectivity index (χ2n) is 5.09. The minimum atomic E-state index is -0.246. The Kier molecular flexibility index (Phi) is 4.03. The van der Waals surface area contributed by atoms with E-state index in [4.69, 9.17) is 4.74 Å². The third-order valence-electron chi connectivity index (χ3n) is 3.63. The lowest BCUT2D eigenvalue weighted by Gasteiger charge is -2.32. The van der Waals surface area contributed by atoms with Crippen molar-refractivity contribution in [1.29, 1.82) is 0 Å². The van der Waals surface area contributed by atoms with Crippen molar-refractivity contribution in [3.05, 3.63) is 52.0 Å². The van der Waals surface area contributed by atoms with Crippen LogP contribution in [-0.4, -0.2) is 6.54 Å². The predicted octanol–water partition coefficient (Wildman–Crippen LogP) is 4.45. The monoisotopic (exact) mass is 291 g/mol. The first kappa shape index (κ1) is 13.6. The summed E-state index contributed by atoms with van der Waals surface area (Å²) >= 11 is 1.66. The number of halogens is 1. The van der Waals surface area contributed by atoms with Crippen LogP contribution in [0.25, 0.3) is 0 Å². The Balaban J connectivity index is 1.90. The van der Waals surface area contributed by atoms with E-state index in [2.05, 4.69) is 23.7 Å². The summed E-state index contributed by atoms with van der Waals surface area (Å²) in [7, 11) is 0. The Morgan fingerprint density at radius 1 is 1.40 bits per heavy atom. The van der Waals surface area contributed by atoms with Crippen molar-refractivity contribution in [3.63, 3.8) is 0 Å². The Hall–Kier alpha value is -1.39. The first-order valence-electron chi connectivity index (χ1n) is 6.99. The van der Waals surface area contributed by atoms with Crippen molar-refractivity contribution in [2.24, 2.45) is 0 Å². The molecule has 1 N–H and O–H groups in total. The molecular weight excluding hydrogens is 273 g/mol. The summed E-state index contributed by atoms with van der Waals surface area (Å²) in [4.78, 5) is 0. The molecule has 20 heavy (non-hydrogen) atoms. The van der Waals surface area contributed by atoms with Crippen LogP contribution in [0.15, 0.2) is 35.0 Å². The van der Waals surface area contributed by atoms with E-state index in [0.717, 1.165) is 24.9 Å². The first-order valence-corrected chi connectivity index (χ1v) is 7.93. The molecule has 0 saturated heterocycles. The van der Waals surface area contributed by atoms with Crippen LogP contribution >= 0.6 is 11.3 Å². The molecule has 1 aliphatic heterocycles. The van der Waals surface area contributed by atoms with E-state index in [1.54, 1.807) is 11.3 Å². The van der Waals surface area contributed by atoms with Gasteiger partial charge in [-0.05, 0) is 35.9 Å². The van der Waals surface area contributed by atoms with E-state index in [1.165, 1.54) is 17.7 Å². The molecule has 2 nitrogen and oxygen atoms in total. The van der Waals surface area contributed by atoms with Crippen molar-refractivity contribution < 1.29 is 9.13 Å². The zero-order valence-corrected chi connectivity index (χ0v) is 12.3. The van der Waals surface area contributed by atoms with Gasteiger partial charge in [-0.3, -0.25) is 0 Å². The van der Waals surface area contributed by atoms with E-state index >= 15 is 0 Å². The molecule has 2 heterocycles. The fourth-order valence-electron chi connectivity index (χ4n) is 2.61. The van der Waals surface area contributed by atoms with E-state index < -0.39 is 0 Å². The maximum absolute atomic E-state index is 13.4. The number of hydrogen-bond donors (Lipinski definition) is 1. The lowest BCUT2D eigenvalue weighted by molar-refractivity contribution is 0.151. The second-order valence-corrected chi connectivity index (χ2v) is 5.87. The largest absolute Gasteiger partial charge is 0.485 e. The highest BCUT2D eigenvalue weighted by Gasteiger charge is 2.29. The highest BCUT2D eigenvalue weighted by atomic mass is 32.1. The van der Waals surface area contributed by atoms with E-state index in [-0.39, 0.29) is 18.0 Å². The average molecular weight is 291 g/mol. The van der Waals surface area contributed by atoms with Crippen LogP contribution in [0.4, 0.5) is 4.39 Å². The molecule has 1 aliphatic rings. The van der Waals surface area contributed by atoms with Crippen LogP contribution in [0.2, 0.25) is 0 Å². The van der Waals surface area contributed by atoms with Gasteiger partial charge in [-0.1, -0.05) is 13.0 Å². The van der Waals surface area contributed by atoms with Gasteiger partial charge in [-0.25, -0.2) is 4.39 Å². The molecular formula is C16H18FNOS. The predicted molar refractivity (Wildman–Crippen MR) is 79.7 cm³/mol. The molecule has 0 bridgehead atoms. The van der Waals surface area contributed by atoms with Gasteiger partial charge in [-0.2, -0.15) is 11.3 Å². The molecule has 1 aromatic heterocycles. The van der Waals surface area contributed by atoms with Crippen molar-refractivity contribution in [3.8, 4) is 5.75 Å². The van der Waals surface area contributed by atoms with Gasteiger partial charge < -0.3 is 10.1 Å². The number of hydrogen-bond acceptors (Lipinski definition) is 3. The molecule has 2 aromatic rings. The molecule has 2 atom stereocenters. The van der Waals surface area contributed by atoms with E-state index in [0.29, 0.717) is 5.75 Å². The summed E-state index contributed by atoms with van der Waals surface area (Å²) in [6, 6.07) is 7.14. The van der Waals surface area contributed by atoms with E-state index in [1.807, 2.05) is 11.4 Å². The topological polar surface area (TPSA) is 21.3 Å². The van der Waals surface area contributed by atoms with Gasteiger partial charge in [0, 0.05) is 29.7 Å². The number of nitrogens with one attached hydrogen (secondary N) is 1. The zero-order valence-electron chi connectivity index (χ0n) is 11.4.